The van der Waals surface area contributed by atoms with Crippen LogP contribution in [0.1, 0.15) is 71.9 Å². The predicted molar refractivity (Wildman–Crippen MR) is 158 cm³/mol. The first kappa shape index (κ1) is 26.7. The number of hydrogen-bond donors (Lipinski definition) is 0. The fourth-order valence-corrected chi connectivity index (χ4v) is 5.15. The molecular weight excluding hydrogens is 485 g/mol. The van der Waals surface area contributed by atoms with Crippen LogP contribution in [-0.4, -0.2) is 30.4 Å². The zero-order chi connectivity index (χ0) is 27.4. The maximum absolute atomic E-state index is 13.5. The second-order valence-electron chi connectivity index (χ2n) is 10.3. The molecule has 198 valence electrons. The summed E-state index contributed by atoms with van der Waals surface area (Å²) in [5, 5.41) is 0.915. The Morgan fingerprint density at radius 2 is 1.67 bits per heavy atom. The molecule has 3 aromatic carbocycles. The van der Waals surface area contributed by atoms with Gasteiger partial charge in [0.25, 0.3) is 0 Å². The van der Waals surface area contributed by atoms with Crippen LogP contribution in [0, 0.1) is 5.92 Å². The molecule has 1 heterocycles. The highest BCUT2D eigenvalue weighted by Crippen LogP contribution is 2.37. The van der Waals surface area contributed by atoms with Gasteiger partial charge in [0.05, 0.1) is 12.3 Å². The van der Waals surface area contributed by atoms with Gasteiger partial charge in [0.2, 0.25) is 0 Å². The van der Waals surface area contributed by atoms with Crippen LogP contribution in [0.3, 0.4) is 0 Å². The van der Waals surface area contributed by atoms with Crippen molar-refractivity contribution in [3.63, 3.8) is 0 Å². The number of ketones is 2. The molecule has 1 aromatic heterocycles. The van der Waals surface area contributed by atoms with Gasteiger partial charge in [0.15, 0.2) is 18.8 Å². The number of hydrogen-bond acceptors (Lipinski definition) is 5. The Morgan fingerprint density at radius 3 is 2.41 bits per heavy atom. The zero-order valence-electron chi connectivity index (χ0n) is 22.9. The number of fused-ring (bicyclic) bond motifs is 2. The predicted octanol–water partition coefficient (Wildman–Crippen LogP) is 6.90. The van der Waals surface area contributed by atoms with Crippen LogP contribution in [0.2, 0.25) is 6.82 Å². The molecule has 0 amide bonds. The smallest absolute Gasteiger partial charge is 0.180 e. The van der Waals surface area contributed by atoms with E-state index in [1.807, 2.05) is 48.5 Å². The fourth-order valence-electron chi connectivity index (χ4n) is 5.15. The lowest BCUT2D eigenvalue weighted by molar-refractivity contribution is 0.0888. The Bertz CT molecular complexity index is 1500. The number of Topliss-reactive ketones (excluding diaryl/α,β-unsaturated/α-hetero) is 2. The van der Waals surface area contributed by atoms with E-state index < -0.39 is 5.92 Å². The molecule has 2 atom stereocenters. The third-order valence-electron chi connectivity index (χ3n) is 7.63. The quantitative estimate of drug-likeness (QED) is 0.159. The van der Waals surface area contributed by atoms with Gasteiger partial charge >= 0.3 is 0 Å². The largest absolute Gasteiger partial charge is 0.491 e. The SMILES string of the molecule is CBc1ccc(Oc2ccc3c(c2)C(=O)C(c2ccc4cccc(OCC(CC)CCCC)c4n2)C3=O)cc1. The monoisotopic (exact) mass is 519 g/mol. The molecule has 5 rings (SSSR count). The van der Waals surface area contributed by atoms with Gasteiger partial charge in [-0.25, -0.2) is 4.98 Å². The number of unbranched alkanes of at least 4 members (excludes halogenated alkanes) is 1. The summed E-state index contributed by atoms with van der Waals surface area (Å²) in [4.78, 5) is 31.7. The molecular formula is C33H34BNO4. The minimum Gasteiger partial charge on any atom is -0.491 e. The molecule has 1 aliphatic carbocycles. The van der Waals surface area contributed by atoms with Crippen molar-refractivity contribution in [1.82, 2.24) is 4.98 Å². The van der Waals surface area contributed by atoms with Gasteiger partial charge in [0, 0.05) is 16.5 Å². The van der Waals surface area contributed by atoms with Crippen molar-refractivity contribution in [2.45, 2.75) is 52.3 Å². The van der Waals surface area contributed by atoms with Crippen molar-refractivity contribution < 1.29 is 19.1 Å². The second kappa shape index (κ2) is 11.9. The minimum absolute atomic E-state index is 0.232. The molecule has 0 saturated heterocycles. The third-order valence-corrected chi connectivity index (χ3v) is 7.63. The lowest BCUT2D eigenvalue weighted by Gasteiger charge is -2.17. The van der Waals surface area contributed by atoms with E-state index in [0.29, 0.717) is 52.1 Å². The molecule has 4 aromatic rings. The molecule has 0 spiro atoms. The Labute approximate surface area is 230 Å². The van der Waals surface area contributed by atoms with Gasteiger partial charge < -0.3 is 9.47 Å². The second-order valence-corrected chi connectivity index (χ2v) is 10.3. The number of benzene rings is 3. The molecule has 0 N–H and O–H groups in total. The highest BCUT2D eigenvalue weighted by Gasteiger charge is 2.41. The number of ether oxygens (including phenoxy) is 2. The highest BCUT2D eigenvalue weighted by atomic mass is 16.5. The van der Waals surface area contributed by atoms with E-state index in [-0.39, 0.29) is 11.6 Å². The number of rotatable bonds is 11. The summed E-state index contributed by atoms with van der Waals surface area (Å²) >= 11 is 0. The summed E-state index contributed by atoms with van der Waals surface area (Å²) in [6, 6.07) is 22.5. The Hall–Kier alpha value is -3.93. The Kier molecular flexibility index (Phi) is 8.11. The van der Waals surface area contributed by atoms with Crippen LogP contribution >= 0.6 is 0 Å². The molecule has 0 aliphatic heterocycles. The number of aromatic nitrogens is 1. The first-order valence-corrected chi connectivity index (χ1v) is 14.0. The highest BCUT2D eigenvalue weighted by molar-refractivity contribution is 6.51. The lowest BCUT2D eigenvalue weighted by atomic mass is 9.73. The molecule has 5 nitrogen and oxygen atoms in total. The van der Waals surface area contributed by atoms with Crippen LogP contribution in [0.4, 0.5) is 0 Å². The van der Waals surface area contributed by atoms with E-state index in [9.17, 15) is 9.59 Å². The van der Waals surface area contributed by atoms with Crippen LogP contribution in [0.15, 0.2) is 72.8 Å². The summed E-state index contributed by atoms with van der Waals surface area (Å²) in [7, 11) is 0.950. The Balaban J connectivity index is 1.39. The van der Waals surface area contributed by atoms with Gasteiger partial charge in [-0.1, -0.05) is 75.7 Å². The van der Waals surface area contributed by atoms with Gasteiger partial charge in [-0.15, -0.1) is 0 Å². The zero-order valence-corrected chi connectivity index (χ0v) is 22.9. The summed E-state index contributed by atoms with van der Waals surface area (Å²) < 4.78 is 12.2. The van der Waals surface area contributed by atoms with Crippen molar-refractivity contribution in [2.75, 3.05) is 6.61 Å². The van der Waals surface area contributed by atoms with Crippen molar-refractivity contribution in [2.24, 2.45) is 5.92 Å². The molecule has 0 radical (unpaired) electrons. The van der Waals surface area contributed by atoms with Crippen molar-refractivity contribution >= 4 is 35.2 Å². The maximum Gasteiger partial charge on any atom is 0.180 e. The Morgan fingerprint density at radius 1 is 0.897 bits per heavy atom. The number of para-hydroxylation sites is 1. The summed E-state index contributed by atoms with van der Waals surface area (Å²) in [5.41, 5.74) is 3.13. The van der Waals surface area contributed by atoms with Crippen LogP contribution < -0.4 is 14.9 Å². The van der Waals surface area contributed by atoms with Gasteiger partial charge in [-0.05, 0) is 54.8 Å². The van der Waals surface area contributed by atoms with E-state index in [4.69, 9.17) is 14.5 Å². The van der Waals surface area contributed by atoms with Crippen molar-refractivity contribution in [3.8, 4) is 17.2 Å². The molecule has 0 bridgehead atoms. The third kappa shape index (κ3) is 5.61. The summed E-state index contributed by atoms with van der Waals surface area (Å²) in [6.07, 6.45) is 4.55. The molecule has 0 saturated carbocycles. The average molecular weight is 519 g/mol. The molecule has 39 heavy (non-hydrogen) atoms. The van der Waals surface area contributed by atoms with E-state index >= 15 is 0 Å². The van der Waals surface area contributed by atoms with E-state index in [0.717, 1.165) is 25.5 Å². The lowest BCUT2D eigenvalue weighted by Crippen LogP contribution is -2.15. The van der Waals surface area contributed by atoms with Crippen LogP contribution in [-0.2, 0) is 0 Å². The maximum atomic E-state index is 13.5. The van der Waals surface area contributed by atoms with Crippen molar-refractivity contribution in [3.05, 3.63) is 89.6 Å². The number of carbonyl (C=O) groups is 2. The van der Waals surface area contributed by atoms with E-state index in [1.165, 1.54) is 18.3 Å². The molecule has 1 aliphatic rings. The van der Waals surface area contributed by atoms with Gasteiger partial charge in [-0.2, -0.15) is 0 Å². The normalized spacial score (nSPS) is 15.3. The standard InChI is InChI=1S/C33H34BNO4/c1-4-6-8-21(5-2)20-38-29-10-7-9-22-11-18-28(35-31(22)29)30-32(36)26-17-16-25(19-27(26)33(30)37)39-24-14-12-23(34-3)13-15-24/h7,9-19,21,30,34H,4-6,8,20H2,1-3H3. The van der Waals surface area contributed by atoms with Crippen molar-refractivity contribution in [1.29, 1.82) is 0 Å². The minimum atomic E-state index is -0.968. The van der Waals surface area contributed by atoms with E-state index in [2.05, 4.69) is 20.7 Å². The topological polar surface area (TPSA) is 65.5 Å². The fraction of sp³-hybridized carbons (Fsp3) is 0.303. The van der Waals surface area contributed by atoms with Gasteiger partial charge in [0.1, 0.15) is 28.7 Å². The average Bonchev–Trinajstić information content (AvgIpc) is 3.22. The first-order valence-electron chi connectivity index (χ1n) is 14.0. The van der Waals surface area contributed by atoms with E-state index in [1.54, 1.807) is 24.3 Å². The molecule has 0 fully saturated rings. The van der Waals surface area contributed by atoms with Crippen LogP contribution in [0.5, 0.6) is 17.2 Å². The van der Waals surface area contributed by atoms with Gasteiger partial charge in [-0.3, -0.25) is 9.59 Å². The van der Waals surface area contributed by atoms with Crippen LogP contribution in [0.25, 0.3) is 10.9 Å². The summed E-state index contributed by atoms with van der Waals surface area (Å²) in [5.74, 6) is 0.924. The number of pyridine rings is 1. The molecule has 6 heteroatoms. The number of carbonyl (C=O) groups excluding carboxylic acids is 2. The summed E-state index contributed by atoms with van der Waals surface area (Å²) in [6.45, 7) is 7.12. The number of nitrogens with zero attached hydrogens (tertiary/aromatic N) is 1. The first-order chi connectivity index (χ1) is 19.0. The molecule has 2 unspecified atom stereocenters.